The van der Waals surface area contributed by atoms with E-state index in [2.05, 4.69) is 24.1 Å². The SMILES string of the molecule is CC.CNCCCCCCN1CC(C)N(C(C)=O)CC1C. The van der Waals surface area contributed by atoms with Gasteiger partial charge in [-0.15, -0.1) is 0 Å². The van der Waals surface area contributed by atoms with Crippen molar-refractivity contribution < 1.29 is 4.79 Å². The van der Waals surface area contributed by atoms with Crippen LogP contribution in [-0.4, -0.2) is 61.0 Å². The van der Waals surface area contributed by atoms with E-state index in [9.17, 15) is 4.79 Å². The van der Waals surface area contributed by atoms with E-state index in [1.54, 1.807) is 6.92 Å². The molecule has 126 valence electrons. The average Bonchev–Trinajstić information content (AvgIpc) is 2.47. The van der Waals surface area contributed by atoms with Gasteiger partial charge in [0.2, 0.25) is 5.91 Å². The van der Waals surface area contributed by atoms with Crippen molar-refractivity contribution in [1.29, 1.82) is 0 Å². The molecular formula is C17H37N3O. The molecule has 1 aliphatic heterocycles. The molecule has 1 rings (SSSR count). The first-order chi connectivity index (χ1) is 10.1. The van der Waals surface area contributed by atoms with Crippen molar-refractivity contribution in [2.75, 3.05) is 33.2 Å². The van der Waals surface area contributed by atoms with Gasteiger partial charge >= 0.3 is 0 Å². The predicted octanol–water partition coefficient (Wildman–Crippen LogP) is 2.73. The molecule has 0 aromatic heterocycles. The Kier molecular flexibility index (Phi) is 11.6. The Morgan fingerprint density at radius 2 is 1.67 bits per heavy atom. The number of unbranched alkanes of at least 4 members (excludes halogenated alkanes) is 3. The van der Waals surface area contributed by atoms with Gasteiger partial charge in [-0.2, -0.15) is 0 Å². The molecular weight excluding hydrogens is 262 g/mol. The van der Waals surface area contributed by atoms with Crippen LogP contribution in [0.15, 0.2) is 0 Å². The van der Waals surface area contributed by atoms with Gasteiger partial charge in [0.25, 0.3) is 0 Å². The van der Waals surface area contributed by atoms with Crippen molar-refractivity contribution in [3.8, 4) is 0 Å². The summed E-state index contributed by atoms with van der Waals surface area (Å²) in [6.45, 7) is 14.3. The molecule has 1 fully saturated rings. The first kappa shape index (κ1) is 20.4. The number of carbonyl (C=O) groups excluding carboxylic acids is 1. The lowest BCUT2D eigenvalue weighted by Gasteiger charge is -2.43. The molecule has 1 aliphatic rings. The highest BCUT2D eigenvalue weighted by Gasteiger charge is 2.29. The number of amides is 1. The number of hydrogen-bond donors (Lipinski definition) is 1. The molecule has 0 aliphatic carbocycles. The largest absolute Gasteiger partial charge is 0.337 e. The predicted molar refractivity (Wildman–Crippen MR) is 91.6 cm³/mol. The van der Waals surface area contributed by atoms with E-state index in [-0.39, 0.29) is 5.91 Å². The fourth-order valence-corrected chi connectivity index (χ4v) is 2.92. The fraction of sp³-hybridized carbons (Fsp3) is 0.941. The van der Waals surface area contributed by atoms with Gasteiger partial charge in [-0.05, 0) is 46.8 Å². The van der Waals surface area contributed by atoms with Crippen LogP contribution in [0.25, 0.3) is 0 Å². The third-order valence-electron chi connectivity index (χ3n) is 4.14. The summed E-state index contributed by atoms with van der Waals surface area (Å²) in [4.78, 5) is 16.1. The fourth-order valence-electron chi connectivity index (χ4n) is 2.92. The molecule has 0 spiro atoms. The summed E-state index contributed by atoms with van der Waals surface area (Å²) < 4.78 is 0. The van der Waals surface area contributed by atoms with Crippen molar-refractivity contribution in [3.63, 3.8) is 0 Å². The lowest BCUT2D eigenvalue weighted by molar-refractivity contribution is -0.134. The van der Waals surface area contributed by atoms with Gasteiger partial charge in [0.05, 0.1) is 0 Å². The van der Waals surface area contributed by atoms with E-state index in [4.69, 9.17) is 0 Å². The summed E-state index contributed by atoms with van der Waals surface area (Å²) in [6, 6.07) is 0.857. The molecule has 0 saturated carbocycles. The van der Waals surface area contributed by atoms with E-state index in [0.29, 0.717) is 12.1 Å². The summed E-state index contributed by atoms with van der Waals surface area (Å²) in [7, 11) is 2.01. The Morgan fingerprint density at radius 1 is 1.05 bits per heavy atom. The Morgan fingerprint density at radius 3 is 2.24 bits per heavy atom. The minimum atomic E-state index is 0.214. The van der Waals surface area contributed by atoms with Crippen LogP contribution in [0.4, 0.5) is 0 Å². The molecule has 1 saturated heterocycles. The van der Waals surface area contributed by atoms with Crippen molar-refractivity contribution in [2.45, 2.75) is 72.4 Å². The summed E-state index contributed by atoms with van der Waals surface area (Å²) in [6.07, 6.45) is 5.19. The lowest BCUT2D eigenvalue weighted by atomic mass is 10.1. The Hall–Kier alpha value is -0.610. The molecule has 1 amide bonds. The monoisotopic (exact) mass is 299 g/mol. The van der Waals surface area contributed by atoms with Crippen molar-refractivity contribution in [2.24, 2.45) is 0 Å². The highest BCUT2D eigenvalue weighted by atomic mass is 16.2. The van der Waals surface area contributed by atoms with Crippen molar-refractivity contribution >= 4 is 5.91 Å². The van der Waals surface area contributed by atoms with Crippen LogP contribution in [0.5, 0.6) is 0 Å². The number of piperazine rings is 1. The van der Waals surface area contributed by atoms with Gasteiger partial charge in [-0.3, -0.25) is 9.69 Å². The molecule has 4 heteroatoms. The maximum absolute atomic E-state index is 11.5. The number of hydrogen-bond acceptors (Lipinski definition) is 3. The molecule has 21 heavy (non-hydrogen) atoms. The summed E-state index contributed by atoms with van der Waals surface area (Å²) in [5.74, 6) is 0.214. The van der Waals surface area contributed by atoms with Crippen molar-refractivity contribution in [3.05, 3.63) is 0 Å². The third kappa shape index (κ3) is 7.82. The zero-order valence-corrected chi connectivity index (χ0v) is 15.1. The van der Waals surface area contributed by atoms with Crippen LogP contribution in [0, 0.1) is 0 Å². The molecule has 1 N–H and O–H groups in total. The number of nitrogens with one attached hydrogen (secondary N) is 1. The second kappa shape index (κ2) is 12.0. The number of nitrogens with zero attached hydrogens (tertiary/aromatic N) is 2. The van der Waals surface area contributed by atoms with Crippen LogP contribution >= 0.6 is 0 Å². The lowest BCUT2D eigenvalue weighted by Crippen LogP contribution is -2.57. The molecule has 0 bridgehead atoms. The van der Waals surface area contributed by atoms with Gasteiger partial charge in [0, 0.05) is 32.1 Å². The minimum absolute atomic E-state index is 0.214. The highest BCUT2D eigenvalue weighted by molar-refractivity contribution is 5.73. The Bertz CT molecular complexity index is 271. The Labute approximate surface area is 132 Å². The standard InChI is InChI=1S/C15H31N3O.C2H6/c1-13-12-18(15(3)19)14(2)11-17(13)10-8-6-5-7-9-16-4;1-2/h13-14,16H,5-12H2,1-4H3;1-2H3. The topological polar surface area (TPSA) is 35.6 Å². The summed E-state index contributed by atoms with van der Waals surface area (Å²) in [5.41, 5.74) is 0. The molecule has 1 heterocycles. The van der Waals surface area contributed by atoms with Crippen LogP contribution in [0.3, 0.4) is 0 Å². The van der Waals surface area contributed by atoms with E-state index >= 15 is 0 Å². The summed E-state index contributed by atoms with van der Waals surface area (Å²) in [5, 5.41) is 3.19. The zero-order chi connectivity index (χ0) is 16.3. The first-order valence-corrected chi connectivity index (χ1v) is 8.72. The molecule has 2 unspecified atom stereocenters. The van der Waals surface area contributed by atoms with Crippen molar-refractivity contribution in [1.82, 2.24) is 15.1 Å². The van der Waals surface area contributed by atoms with E-state index in [0.717, 1.165) is 19.6 Å². The van der Waals surface area contributed by atoms with Gasteiger partial charge in [-0.25, -0.2) is 0 Å². The minimum Gasteiger partial charge on any atom is -0.337 e. The molecule has 0 aromatic carbocycles. The third-order valence-corrected chi connectivity index (χ3v) is 4.14. The maximum Gasteiger partial charge on any atom is 0.219 e. The van der Waals surface area contributed by atoms with Gasteiger partial charge in [0.1, 0.15) is 0 Å². The normalized spacial score (nSPS) is 22.7. The van der Waals surface area contributed by atoms with Gasteiger partial charge in [-0.1, -0.05) is 26.7 Å². The Balaban J connectivity index is 0.00000191. The van der Waals surface area contributed by atoms with E-state index in [1.165, 1.54) is 32.2 Å². The maximum atomic E-state index is 11.5. The number of carbonyl (C=O) groups is 1. The van der Waals surface area contributed by atoms with Crippen LogP contribution in [-0.2, 0) is 4.79 Å². The molecule has 4 nitrogen and oxygen atoms in total. The molecule has 0 aromatic rings. The average molecular weight is 300 g/mol. The number of rotatable bonds is 7. The second-order valence-corrected chi connectivity index (χ2v) is 5.88. The van der Waals surface area contributed by atoms with Gasteiger partial charge < -0.3 is 10.2 Å². The molecule has 2 atom stereocenters. The highest BCUT2D eigenvalue weighted by Crippen LogP contribution is 2.16. The van der Waals surface area contributed by atoms with Crippen LogP contribution < -0.4 is 5.32 Å². The van der Waals surface area contributed by atoms with E-state index in [1.807, 2.05) is 25.8 Å². The quantitative estimate of drug-likeness (QED) is 0.734. The smallest absolute Gasteiger partial charge is 0.219 e. The first-order valence-electron chi connectivity index (χ1n) is 8.72. The second-order valence-electron chi connectivity index (χ2n) is 5.88. The zero-order valence-electron chi connectivity index (χ0n) is 15.1. The molecule has 0 radical (unpaired) electrons. The van der Waals surface area contributed by atoms with Crippen LogP contribution in [0.2, 0.25) is 0 Å². The summed E-state index contributed by atoms with van der Waals surface area (Å²) >= 11 is 0. The van der Waals surface area contributed by atoms with Gasteiger partial charge in [0.15, 0.2) is 0 Å². The van der Waals surface area contributed by atoms with Crippen LogP contribution in [0.1, 0.15) is 60.3 Å². The van der Waals surface area contributed by atoms with E-state index < -0.39 is 0 Å².